The van der Waals surface area contributed by atoms with Crippen molar-refractivity contribution in [2.24, 2.45) is 10.7 Å². The fourth-order valence-electron chi connectivity index (χ4n) is 3.20. The molecule has 1 aliphatic heterocycles. The molecular formula is C19H15BrF3N5O. The first kappa shape index (κ1) is 19.6. The smallest absolute Gasteiger partial charge is 0.269 e. The summed E-state index contributed by atoms with van der Waals surface area (Å²) in [5.41, 5.74) is 4.01. The van der Waals surface area contributed by atoms with Crippen molar-refractivity contribution >= 4 is 44.2 Å². The van der Waals surface area contributed by atoms with E-state index in [1.54, 1.807) is 18.5 Å². The quantitative estimate of drug-likeness (QED) is 0.605. The van der Waals surface area contributed by atoms with Gasteiger partial charge in [0.05, 0.1) is 6.61 Å². The molecule has 0 saturated heterocycles. The maximum Gasteiger partial charge on any atom is 0.269 e. The second-order valence-electron chi connectivity index (χ2n) is 6.53. The standard InChI is InChI=1S/C19H15BrF3N5O/c20-11-5-10-3-4-25-17(16(10)26-7-11)27-12-1-2-14(21)13(6-12)19(18(22)23)9-29-8-15(24)28-19/h1-7,18H,8-9H2,(H2,24,28)(H,25,27)/t19-/m1/s1. The molecule has 4 rings (SSSR count). The van der Waals surface area contributed by atoms with Crippen molar-refractivity contribution in [2.75, 3.05) is 18.5 Å². The number of amidine groups is 1. The highest BCUT2D eigenvalue weighted by Crippen LogP contribution is 2.38. The number of halogens is 4. The van der Waals surface area contributed by atoms with Gasteiger partial charge in [0.15, 0.2) is 11.4 Å². The second kappa shape index (κ2) is 7.60. The van der Waals surface area contributed by atoms with Crippen LogP contribution in [0.15, 0.2) is 52.2 Å². The summed E-state index contributed by atoms with van der Waals surface area (Å²) in [6, 6.07) is 7.45. The fraction of sp³-hybridized carbons (Fsp3) is 0.211. The minimum atomic E-state index is -3.01. The van der Waals surface area contributed by atoms with E-state index in [4.69, 9.17) is 10.5 Å². The minimum absolute atomic E-state index is 0.0742. The molecule has 3 aromatic rings. The summed E-state index contributed by atoms with van der Waals surface area (Å²) >= 11 is 3.36. The van der Waals surface area contributed by atoms with Gasteiger partial charge in [0, 0.05) is 33.5 Å². The lowest BCUT2D eigenvalue weighted by atomic mass is 9.90. The van der Waals surface area contributed by atoms with Crippen molar-refractivity contribution < 1.29 is 17.9 Å². The summed E-state index contributed by atoms with van der Waals surface area (Å²) in [7, 11) is 0. The Hall–Kier alpha value is -2.72. The lowest BCUT2D eigenvalue weighted by Crippen LogP contribution is -2.45. The van der Waals surface area contributed by atoms with Gasteiger partial charge >= 0.3 is 0 Å². The Morgan fingerprint density at radius 2 is 2.03 bits per heavy atom. The van der Waals surface area contributed by atoms with Crippen molar-refractivity contribution in [3.8, 4) is 0 Å². The maximum atomic E-state index is 14.6. The van der Waals surface area contributed by atoms with Crippen LogP contribution in [0.2, 0.25) is 0 Å². The van der Waals surface area contributed by atoms with Gasteiger partial charge in [-0.1, -0.05) is 0 Å². The molecule has 0 bridgehead atoms. The van der Waals surface area contributed by atoms with Crippen LogP contribution in [0.5, 0.6) is 0 Å². The molecule has 2 aromatic heterocycles. The zero-order valence-corrected chi connectivity index (χ0v) is 16.5. The average Bonchev–Trinajstić information content (AvgIpc) is 2.69. The summed E-state index contributed by atoms with van der Waals surface area (Å²) in [6.45, 7) is -0.553. The lowest BCUT2D eigenvalue weighted by molar-refractivity contribution is -0.0145. The first-order valence-corrected chi connectivity index (χ1v) is 9.36. The third-order valence-corrected chi connectivity index (χ3v) is 4.97. The van der Waals surface area contributed by atoms with Crippen LogP contribution in [-0.4, -0.2) is 35.4 Å². The van der Waals surface area contributed by atoms with Gasteiger partial charge in [0.2, 0.25) is 0 Å². The van der Waals surface area contributed by atoms with Crippen LogP contribution in [0.1, 0.15) is 5.56 Å². The van der Waals surface area contributed by atoms with Crippen molar-refractivity contribution in [3.05, 3.63) is 58.6 Å². The Morgan fingerprint density at radius 1 is 1.21 bits per heavy atom. The highest BCUT2D eigenvalue weighted by Gasteiger charge is 2.46. The van der Waals surface area contributed by atoms with Gasteiger partial charge in [-0.05, 0) is 46.3 Å². The first-order chi connectivity index (χ1) is 13.9. The summed E-state index contributed by atoms with van der Waals surface area (Å²) in [5, 5.41) is 3.84. The van der Waals surface area contributed by atoms with Crippen LogP contribution in [0.4, 0.5) is 24.7 Å². The Kier molecular flexibility index (Phi) is 5.13. The Balaban J connectivity index is 1.78. The van der Waals surface area contributed by atoms with Crippen molar-refractivity contribution in [1.29, 1.82) is 0 Å². The average molecular weight is 466 g/mol. The third-order valence-electron chi connectivity index (χ3n) is 4.54. The van der Waals surface area contributed by atoms with E-state index >= 15 is 0 Å². The number of benzene rings is 1. The number of rotatable bonds is 4. The zero-order valence-electron chi connectivity index (χ0n) is 14.9. The molecule has 150 valence electrons. The predicted octanol–water partition coefficient (Wildman–Crippen LogP) is 4.12. The predicted molar refractivity (Wildman–Crippen MR) is 107 cm³/mol. The van der Waals surface area contributed by atoms with E-state index in [-0.39, 0.29) is 18.0 Å². The van der Waals surface area contributed by atoms with Crippen LogP contribution < -0.4 is 11.1 Å². The molecular weight excluding hydrogens is 451 g/mol. The number of nitrogens with zero attached hydrogens (tertiary/aromatic N) is 3. The molecule has 1 aromatic carbocycles. The molecule has 0 saturated carbocycles. The number of anilines is 2. The van der Waals surface area contributed by atoms with E-state index in [1.807, 2.05) is 6.07 Å². The Labute approximate surface area is 172 Å². The van der Waals surface area contributed by atoms with Gasteiger partial charge in [-0.15, -0.1) is 0 Å². The molecule has 29 heavy (non-hydrogen) atoms. The summed E-state index contributed by atoms with van der Waals surface area (Å²) in [4.78, 5) is 12.5. The molecule has 0 amide bonds. The number of nitrogens with two attached hydrogens (primary N) is 1. The SMILES string of the molecule is NC1=N[C@](c2cc(Nc3nccc4cc(Br)cnc34)ccc2F)(C(F)F)COC1. The van der Waals surface area contributed by atoms with E-state index in [9.17, 15) is 13.2 Å². The zero-order chi connectivity index (χ0) is 20.6. The molecule has 6 nitrogen and oxygen atoms in total. The number of aromatic nitrogens is 2. The van der Waals surface area contributed by atoms with Gasteiger partial charge in [0.25, 0.3) is 6.43 Å². The third kappa shape index (κ3) is 3.65. The molecule has 3 N–H and O–H groups in total. The fourth-order valence-corrected chi connectivity index (χ4v) is 3.54. The van der Waals surface area contributed by atoms with Gasteiger partial charge in [-0.3, -0.25) is 9.98 Å². The number of hydrogen-bond donors (Lipinski definition) is 2. The summed E-state index contributed by atoms with van der Waals surface area (Å²) in [5.74, 6) is -0.535. The number of ether oxygens (including phenoxy) is 1. The number of nitrogens with one attached hydrogen (secondary N) is 1. The monoisotopic (exact) mass is 465 g/mol. The molecule has 3 heterocycles. The normalized spacial score (nSPS) is 19.4. The number of fused-ring (bicyclic) bond motifs is 1. The molecule has 1 aliphatic rings. The van der Waals surface area contributed by atoms with Crippen LogP contribution in [0.3, 0.4) is 0 Å². The van der Waals surface area contributed by atoms with Gasteiger partial charge < -0.3 is 15.8 Å². The second-order valence-corrected chi connectivity index (χ2v) is 7.44. The molecule has 0 spiro atoms. The molecule has 0 fully saturated rings. The molecule has 1 atom stereocenters. The van der Waals surface area contributed by atoms with Gasteiger partial charge in [-0.25, -0.2) is 18.2 Å². The van der Waals surface area contributed by atoms with Crippen molar-refractivity contribution in [1.82, 2.24) is 9.97 Å². The van der Waals surface area contributed by atoms with Gasteiger partial charge in [0.1, 0.15) is 23.8 Å². The number of hydrogen-bond acceptors (Lipinski definition) is 6. The van der Waals surface area contributed by atoms with E-state index in [2.05, 4.69) is 36.2 Å². The van der Waals surface area contributed by atoms with Gasteiger partial charge in [-0.2, -0.15) is 0 Å². The maximum absolute atomic E-state index is 14.6. The van der Waals surface area contributed by atoms with Crippen LogP contribution in [0, 0.1) is 5.82 Å². The number of aliphatic imine (C=N–C) groups is 1. The molecule has 10 heteroatoms. The molecule has 0 aliphatic carbocycles. The largest absolute Gasteiger partial charge is 0.385 e. The van der Waals surface area contributed by atoms with Crippen LogP contribution in [-0.2, 0) is 10.3 Å². The molecule has 0 radical (unpaired) electrons. The summed E-state index contributed by atoms with van der Waals surface area (Å²) in [6.07, 6.45) is 0.193. The lowest BCUT2D eigenvalue weighted by Gasteiger charge is -2.33. The minimum Gasteiger partial charge on any atom is -0.385 e. The van der Waals surface area contributed by atoms with E-state index in [0.29, 0.717) is 17.0 Å². The van der Waals surface area contributed by atoms with Crippen molar-refractivity contribution in [2.45, 2.75) is 12.0 Å². The molecule has 0 unspecified atom stereocenters. The first-order valence-electron chi connectivity index (χ1n) is 8.56. The van der Waals surface area contributed by atoms with Crippen LogP contribution in [0.25, 0.3) is 10.9 Å². The number of alkyl halides is 2. The topological polar surface area (TPSA) is 85.4 Å². The van der Waals surface area contributed by atoms with E-state index in [1.165, 1.54) is 12.1 Å². The van der Waals surface area contributed by atoms with E-state index in [0.717, 1.165) is 15.9 Å². The van der Waals surface area contributed by atoms with Crippen LogP contribution >= 0.6 is 15.9 Å². The Morgan fingerprint density at radius 3 is 2.79 bits per heavy atom. The number of pyridine rings is 2. The summed E-state index contributed by atoms with van der Waals surface area (Å²) < 4.78 is 48.4. The Bertz CT molecular complexity index is 1110. The highest BCUT2D eigenvalue weighted by atomic mass is 79.9. The van der Waals surface area contributed by atoms with Crippen molar-refractivity contribution in [3.63, 3.8) is 0 Å². The van der Waals surface area contributed by atoms with E-state index < -0.39 is 24.4 Å². The highest BCUT2D eigenvalue weighted by molar-refractivity contribution is 9.10.